The van der Waals surface area contributed by atoms with Crippen LogP contribution in [0.15, 0.2) is 42.5 Å². The molecule has 2 aromatic carbocycles. The maximum absolute atomic E-state index is 14.2. The van der Waals surface area contributed by atoms with Gasteiger partial charge in [0, 0.05) is 16.7 Å². The number of amides is 1. The number of hydrogen-bond donors (Lipinski definition) is 1. The van der Waals surface area contributed by atoms with E-state index in [1.807, 2.05) is 18.2 Å². The summed E-state index contributed by atoms with van der Waals surface area (Å²) in [5.74, 6) is -0.681. The van der Waals surface area contributed by atoms with E-state index in [4.69, 9.17) is 0 Å². The molecule has 0 unspecified atom stereocenters. The zero-order chi connectivity index (χ0) is 15.5. The van der Waals surface area contributed by atoms with Crippen LogP contribution in [0, 0.1) is 9.39 Å². The number of nitrogens with one attached hydrogen (secondary N) is 1. The highest BCUT2D eigenvalue weighted by atomic mass is 127. The molecule has 0 spiro atoms. The normalized spacial score (nSPS) is 14.2. The van der Waals surface area contributed by atoms with Crippen molar-refractivity contribution in [3.8, 4) is 0 Å². The monoisotopic (exact) mass is 410 g/mol. The molecular formula is C17H16FIN2O. The molecule has 0 atom stereocenters. The van der Waals surface area contributed by atoms with E-state index < -0.39 is 5.82 Å². The summed E-state index contributed by atoms with van der Waals surface area (Å²) in [6, 6.07) is 12.2. The molecular weight excluding hydrogens is 394 g/mol. The number of hydrogen-bond acceptors (Lipinski definition) is 2. The molecule has 0 aromatic heterocycles. The van der Waals surface area contributed by atoms with Crippen molar-refractivity contribution < 1.29 is 9.18 Å². The van der Waals surface area contributed by atoms with Crippen molar-refractivity contribution in [2.75, 3.05) is 23.3 Å². The van der Waals surface area contributed by atoms with E-state index >= 15 is 0 Å². The Morgan fingerprint density at radius 3 is 2.55 bits per heavy atom. The predicted molar refractivity (Wildman–Crippen MR) is 95.0 cm³/mol. The number of benzene rings is 2. The molecule has 1 aliphatic rings. The van der Waals surface area contributed by atoms with Crippen molar-refractivity contribution >= 4 is 39.9 Å². The van der Waals surface area contributed by atoms with Gasteiger partial charge >= 0.3 is 0 Å². The number of nitrogens with zero attached hydrogens (tertiary/aromatic N) is 1. The lowest BCUT2D eigenvalue weighted by atomic mass is 10.2. The van der Waals surface area contributed by atoms with Gasteiger partial charge in [0.25, 0.3) is 5.91 Å². The highest BCUT2D eigenvalue weighted by Gasteiger charge is 2.20. The zero-order valence-corrected chi connectivity index (χ0v) is 14.1. The molecule has 1 aliphatic heterocycles. The van der Waals surface area contributed by atoms with Gasteiger partial charge in [-0.2, -0.15) is 0 Å². The smallest absolute Gasteiger partial charge is 0.256 e. The van der Waals surface area contributed by atoms with E-state index in [1.54, 1.807) is 18.2 Å². The van der Waals surface area contributed by atoms with Crippen molar-refractivity contribution in [1.29, 1.82) is 0 Å². The molecule has 3 rings (SSSR count). The van der Waals surface area contributed by atoms with Crippen LogP contribution in [0.5, 0.6) is 0 Å². The molecule has 1 heterocycles. The summed E-state index contributed by atoms with van der Waals surface area (Å²) >= 11 is 2.11. The molecule has 22 heavy (non-hydrogen) atoms. The molecule has 2 aromatic rings. The van der Waals surface area contributed by atoms with Gasteiger partial charge in [-0.1, -0.05) is 18.2 Å². The molecule has 0 radical (unpaired) electrons. The fraction of sp³-hybridized carbons (Fsp3) is 0.235. The number of anilines is 2. The van der Waals surface area contributed by atoms with Crippen LogP contribution in [-0.4, -0.2) is 19.0 Å². The van der Waals surface area contributed by atoms with Gasteiger partial charge < -0.3 is 10.2 Å². The SMILES string of the molecule is O=C(Nc1c(F)cccc1N1CCCC1)c1ccccc1I. The fourth-order valence-electron chi connectivity index (χ4n) is 2.68. The van der Waals surface area contributed by atoms with Crippen LogP contribution in [0.3, 0.4) is 0 Å². The average molecular weight is 410 g/mol. The lowest BCUT2D eigenvalue weighted by Crippen LogP contribution is -2.22. The second-order valence-corrected chi connectivity index (χ2v) is 6.42. The first-order valence-corrected chi connectivity index (χ1v) is 8.34. The molecule has 0 aliphatic carbocycles. The number of rotatable bonds is 3. The maximum Gasteiger partial charge on any atom is 0.256 e. The van der Waals surface area contributed by atoms with E-state index in [1.165, 1.54) is 6.07 Å². The van der Waals surface area contributed by atoms with Gasteiger partial charge in [0.1, 0.15) is 11.5 Å². The average Bonchev–Trinajstić information content (AvgIpc) is 3.04. The number of carbonyl (C=O) groups excluding carboxylic acids is 1. The summed E-state index contributed by atoms with van der Waals surface area (Å²) in [6.07, 6.45) is 2.20. The Bertz CT molecular complexity index is 699. The van der Waals surface area contributed by atoms with Crippen molar-refractivity contribution in [3.05, 3.63) is 57.4 Å². The summed E-state index contributed by atoms with van der Waals surface area (Å²) in [5.41, 5.74) is 1.59. The van der Waals surface area contributed by atoms with E-state index in [0.29, 0.717) is 5.56 Å². The highest BCUT2D eigenvalue weighted by Crippen LogP contribution is 2.31. The van der Waals surface area contributed by atoms with Gasteiger partial charge in [-0.25, -0.2) is 4.39 Å². The molecule has 0 saturated carbocycles. The van der Waals surface area contributed by atoms with Crippen molar-refractivity contribution in [3.63, 3.8) is 0 Å². The number of carbonyl (C=O) groups is 1. The third-order valence-corrected chi connectivity index (χ3v) is 4.74. The molecule has 1 N–H and O–H groups in total. The molecule has 0 bridgehead atoms. The lowest BCUT2D eigenvalue weighted by Gasteiger charge is -2.22. The van der Waals surface area contributed by atoms with Crippen LogP contribution >= 0.6 is 22.6 Å². The van der Waals surface area contributed by atoms with E-state index in [2.05, 4.69) is 32.8 Å². The minimum Gasteiger partial charge on any atom is -0.370 e. The first kappa shape index (κ1) is 15.3. The molecule has 1 amide bonds. The molecule has 114 valence electrons. The van der Waals surface area contributed by atoms with Crippen molar-refractivity contribution in [2.45, 2.75) is 12.8 Å². The minimum atomic E-state index is -0.399. The summed E-state index contributed by atoms with van der Waals surface area (Å²) in [5, 5.41) is 2.75. The largest absolute Gasteiger partial charge is 0.370 e. The Balaban J connectivity index is 1.91. The minimum absolute atomic E-state index is 0.272. The quantitative estimate of drug-likeness (QED) is 0.767. The van der Waals surface area contributed by atoms with Gasteiger partial charge in [-0.3, -0.25) is 4.79 Å². The number of para-hydroxylation sites is 1. The molecule has 1 fully saturated rings. The first-order valence-electron chi connectivity index (χ1n) is 7.26. The Kier molecular flexibility index (Phi) is 4.61. The van der Waals surface area contributed by atoms with Gasteiger partial charge in [-0.05, 0) is 59.7 Å². The maximum atomic E-state index is 14.2. The second-order valence-electron chi connectivity index (χ2n) is 5.26. The standard InChI is InChI=1S/C17H16FIN2O/c18-13-7-5-9-15(21-10-3-4-11-21)16(13)20-17(22)12-6-1-2-8-14(12)19/h1-2,5-9H,3-4,10-11H2,(H,20,22). The molecule has 5 heteroatoms. The van der Waals surface area contributed by atoms with Crippen LogP contribution in [0.25, 0.3) is 0 Å². The van der Waals surface area contributed by atoms with Gasteiger partial charge in [0.15, 0.2) is 0 Å². The van der Waals surface area contributed by atoms with Gasteiger partial charge in [0.05, 0.1) is 11.3 Å². The third-order valence-electron chi connectivity index (χ3n) is 3.80. The van der Waals surface area contributed by atoms with E-state index in [-0.39, 0.29) is 11.6 Å². The topological polar surface area (TPSA) is 32.3 Å². The van der Waals surface area contributed by atoms with Gasteiger partial charge in [-0.15, -0.1) is 0 Å². The lowest BCUT2D eigenvalue weighted by molar-refractivity contribution is 0.102. The van der Waals surface area contributed by atoms with Crippen molar-refractivity contribution in [2.24, 2.45) is 0 Å². The summed E-state index contributed by atoms with van der Waals surface area (Å²) < 4.78 is 15.1. The third kappa shape index (κ3) is 3.09. The van der Waals surface area contributed by atoms with E-state index in [9.17, 15) is 9.18 Å². The Morgan fingerprint density at radius 2 is 1.82 bits per heavy atom. The van der Waals surface area contributed by atoms with Gasteiger partial charge in [0.2, 0.25) is 0 Å². The van der Waals surface area contributed by atoms with Crippen LogP contribution < -0.4 is 10.2 Å². The summed E-state index contributed by atoms with van der Waals surface area (Å²) in [6.45, 7) is 1.80. The van der Waals surface area contributed by atoms with E-state index in [0.717, 1.165) is 35.2 Å². The predicted octanol–water partition coefficient (Wildman–Crippen LogP) is 4.28. The molecule has 1 saturated heterocycles. The summed E-state index contributed by atoms with van der Waals surface area (Å²) in [4.78, 5) is 14.6. The number of halogens is 2. The van der Waals surface area contributed by atoms with Crippen LogP contribution in [-0.2, 0) is 0 Å². The van der Waals surface area contributed by atoms with Crippen LogP contribution in [0.2, 0.25) is 0 Å². The Morgan fingerprint density at radius 1 is 1.09 bits per heavy atom. The van der Waals surface area contributed by atoms with Crippen molar-refractivity contribution in [1.82, 2.24) is 0 Å². The Hall–Kier alpha value is -1.63. The zero-order valence-electron chi connectivity index (χ0n) is 12.0. The summed E-state index contributed by atoms with van der Waals surface area (Å²) in [7, 11) is 0. The van der Waals surface area contributed by atoms with Crippen LogP contribution in [0.1, 0.15) is 23.2 Å². The molecule has 3 nitrogen and oxygen atoms in total. The highest BCUT2D eigenvalue weighted by molar-refractivity contribution is 14.1. The van der Waals surface area contributed by atoms with Crippen LogP contribution in [0.4, 0.5) is 15.8 Å². The fourth-order valence-corrected chi connectivity index (χ4v) is 3.32. The first-order chi connectivity index (χ1) is 10.7. The second kappa shape index (κ2) is 6.64. The Labute approximate surface area is 142 Å².